The lowest BCUT2D eigenvalue weighted by Crippen LogP contribution is -2.35. The second-order valence-corrected chi connectivity index (χ2v) is 5.17. The molecule has 0 aromatic heterocycles. The van der Waals surface area contributed by atoms with Gasteiger partial charge in [-0.25, -0.2) is 4.79 Å². The van der Waals surface area contributed by atoms with Crippen molar-refractivity contribution in [1.82, 2.24) is 10.2 Å². The number of hydrogen-bond acceptors (Lipinski definition) is 2. The van der Waals surface area contributed by atoms with Crippen LogP contribution in [0.15, 0.2) is 18.2 Å². The fraction of sp³-hybridized carbons (Fsp3) is 0.429. The molecule has 1 aromatic rings. The number of amides is 2. The number of nitrogens with one attached hydrogen (secondary N) is 2. The van der Waals surface area contributed by atoms with Crippen molar-refractivity contribution in [2.45, 2.75) is 39.8 Å². The molecule has 4 nitrogen and oxygen atoms in total. The molecule has 0 spiro atoms. The predicted molar refractivity (Wildman–Crippen MR) is 71.9 cm³/mol. The third kappa shape index (κ3) is 2.10. The van der Waals surface area contributed by atoms with E-state index in [1.807, 2.05) is 39.8 Å². The maximum Gasteiger partial charge on any atom is 0.323 e. The molecule has 2 rings (SSSR count). The van der Waals surface area contributed by atoms with Gasteiger partial charge in [0.05, 0.1) is 0 Å². The molecule has 1 saturated heterocycles. The van der Waals surface area contributed by atoms with Gasteiger partial charge in [-0.3, -0.25) is 10.7 Å². The fourth-order valence-electron chi connectivity index (χ4n) is 2.53. The van der Waals surface area contributed by atoms with Gasteiger partial charge in [-0.05, 0) is 33.3 Å². The highest BCUT2D eigenvalue weighted by molar-refractivity contribution is 6.06. The zero-order chi connectivity index (χ0) is 13.4. The molecule has 0 saturated carbocycles. The Balaban J connectivity index is 2.46. The third-order valence-corrected chi connectivity index (χ3v) is 3.14. The summed E-state index contributed by atoms with van der Waals surface area (Å²) >= 11 is 0. The number of nitrogens with zero attached hydrogens (tertiary/aromatic N) is 1. The molecule has 0 bridgehead atoms. The topological polar surface area (TPSA) is 56.2 Å². The summed E-state index contributed by atoms with van der Waals surface area (Å²) in [7, 11) is 0. The van der Waals surface area contributed by atoms with E-state index < -0.39 is 0 Å². The average molecular weight is 245 g/mol. The number of rotatable bonds is 2. The average Bonchev–Trinajstić information content (AvgIpc) is 2.51. The molecule has 2 amide bonds. The van der Waals surface area contributed by atoms with Gasteiger partial charge in [-0.2, -0.15) is 0 Å². The molecule has 0 radical (unpaired) electrons. The van der Waals surface area contributed by atoms with Crippen LogP contribution < -0.4 is 5.32 Å². The van der Waals surface area contributed by atoms with Crippen molar-refractivity contribution in [1.29, 1.82) is 5.41 Å². The van der Waals surface area contributed by atoms with E-state index in [4.69, 9.17) is 5.41 Å². The molecule has 0 aliphatic carbocycles. The van der Waals surface area contributed by atoms with Crippen molar-refractivity contribution >= 4 is 11.9 Å². The maximum absolute atomic E-state index is 11.9. The first-order valence-electron chi connectivity index (χ1n) is 6.16. The predicted octanol–water partition coefficient (Wildman–Crippen LogP) is 2.76. The second kappa shape index (κ2) is 4.44. The Hall–Kier alpha value is -1.84. The minimum atomic E-state index is -0.281. The summed E-state index contributed by atoms with van der Waals surface area (Å²) in [5.41, 5.74) is 3.31. The van der Waals surface area contributed by atoms with E-state index in [1.54, 1.807) is 4.90 Å². The number of urea groups is 1. The fourth-order valence-corrected chi connectivity index (χ4v) is 2.53. The number of hydrogen-bond donors (Lipinski definition) is 2. The monoisotopic (exact) mass is 245 g/mol. The summed E-state index contributed by atoms with van der Waals surface area (Å²) in [5.74, 6) is 0.263. The first-order valence-corrected chi connectivity index (χ1v) is 6.16. The Labute approximate surface area is 108 Å². The van der Waals surface area contributed by atoms with Gasteiger partial charge in [0.25, 0.3) is 0 Å². The molecule has 1 atom stereocenters. The van der Waals surface area contributed by atoms with Crippen LogP contribution in [0.2, 0.25) is 0 Å². The molecule has 2 N–H and O–H groups in total. The lowest BCUT2D eigenvalue weighted by molar-refractivity contribution is 0.190. The van der Waals surface area contributed by atoms with Crippen molar-refractivity contribution < 1.29 is 4.79 Å². The Kier molecular flexibility index (Phi) is 3.11. The van der Waals surface area contributed by atoms with E-state index in [9.17, 15) is 4.79 Å². The summed E-state index contributed by atoms with van der Waals surface area (Å²) in [6.07, 6.45) is 0. The Bertz CT molecular complexity index is 488. The van der Waals surface area contributed by atoms with Gasteiger partial charge in [0, 0.05) is 6.04 Å². The van der Waals surface area contributed by atoms with Crippen molar-refractivity contribution in [2.75, 3.05) is 0 Å². The molecular formula is C14H19N3O. The molecule has 18 heavy (non-hydrogen) atoms. The van der Waals surface area contributed by atoms with Crippen molar-refractivity contribution in [3.8, 4) is 0 Å². The van der Waals surface area contributed by atoms with Crippen LogP contribution in [0.5, 0.6) is 0 Å². The number of amidine groups is 1. The summed E-state index contributed by atoms with van der Waals surface area (Å²) in [6.45, 7) is 8.00. The third-order valence-electron chi connectivity index (χ3n) is 3.14. The van der Waals surface area contributed by atoms with E-state index in [0.29, 0.717) is 0 Å². The van der Waals surface area contributed by atoms with E-state index in [2.05, 4.69) is 11.4 Å². The molecule has 1 aliphatic rings. The number of carbonyl (C=O) groups excluding carboxylic acids is 1. The first-order chi connectivity index (χ1) is 8.40. The van der Waals surface area contributed by atoms with Crippen molar-refractivity contribution in [3.63, 3.8) is 0 Å². The Morgan fingerprint density at radius 3 is 2.28 bits per heavy atom. The highest BCUT2D eigenvalue weighted by Gasteiger charge is 2.38. The van der Waals surface area contributed by atoms with E-state index >= 15 is 0 Å². The standard InChI is InChI=1S/C14H19N3O/c1-8(2)17-12(13(15)16-14(17)18)11-6-9(3)5-10(4)7-11/h5-8,12H,1-4H3,(H2,15,16,18). The van der Waals surface area contributed by atoms with Gasteiger partial charge in [-0.1, -0.05) is 29.3 Å². The van der Waals surface area contributed by atoms with Gasteiger partial charge < -0.3 is 4.90 Å². The number of carbonyl (C=O) groups is 1. The molecule has 1 fully saturated rings. The smallest absolute Gasteiger partial charge is 0.308 e. The van der Waals surface area contributed by atoms with Gasteiger partial charge >= 0.3 is 6.03 Å². The summed E-state index contributed by atoms with van der Waals surface area (Å²) in [4.78, 5) is 13.6. The van der Waals surface area contributed by atoms with E-state index in [1.165, 1.54) is 0 Å². The van der Waals surface area contributed by atoms with Crippen LogP contribution in [-0.4, -0.2) is 22.8 Å². The van der Waals surface area contributed by atoms with E-state index in [-0.39, 0.29) is 24.0 Å². The molecule has 1 unspecified atom stereocenters. The highest BCUT2D eigenvalue weighted by Crippen LogP contribution is 2.29. The van der Waals surface area contributed by atoms with Crippen LogP contribution in [0.4, 0.5) is 4.79 Å². The summed E-state index contributed by atoms with van der Waals surface area (Å²) in [5, 5.41) is 10.6. The van der Waals surface area contributed by atoms with Gasteiger partial charge in [0.2, 0.25) is 0 Å². The molecule has 96 valence electrons. The zero-order valence-corrected chi connectivity index (χ0v) is 11.2. The molecule has 4 heteroatoms. The number of benzene rings is 1. The first kappa shape index (κ1) is 12.6. The molecule has 1 aliphatic heterocycles. The van der Waals surface area contributed by atoms with E-state index in [0.717, 1.165) is 16.7 Å². The van der Waals surface area contributed by atoms with Crippen molar-refractivity contribution in [2.24, 2.45) is 0 Å². The maximum atomic E-state index is 11.9. The van der Waals surface area contributed by atoms with Crippen LogP contribution in [0.3, 0.4) is 0 Å². The minimum absolute atomic E-state index is 0.0682. The summed E-state index contributed by atoms with van der Waals surface area (Å²) < 4.78 is 0. The van der Waals surface area contributed by atoms with Crippen LogP contribution in [0, 0.1) is 19.3 Å². The lowest BCUT2D eigenvalue weighted by Gasteiger charge is -2.27. The molecule has 1 heterocycles. The Morgan fingerprint density at radius 1 is 1.22 bits per heavy atom. The summed E-state index contributed by atoms with van der Waals surface area (Å²) in [6, 6.07) is 5.79. The molecular weight excluding hydrogens is 226 g/mol. The van der Waals surface area contributed by atoms with Crippen LogP contribution in [-0.2, 0) is 0 Å². The minimum Gasteiger partial charge on any atom is -0.308 e. The molecule has 1 aromatic carbocycles. The second-order valence-electron chi connectivity index (χ2n) is 5.17. The highest BCUT2D eigenvalue weighted by atomic mass is 16.2. The van der Waals surface area contributed by atoms with Crippen LogP contribution in [0.1, 0.15) is 36.6 Å². The van der Waals surface area contributed by atoms with Gasteiger partial charge in [0.15, 0.2) is 0 Å². The van der Waals surface area contributed by atoms with Crippen LogP contribution >= 0.6 is 0 Å². The normalized spacial score (nSPS) is 19.6. The lowest BCUT2D eigenvalue weighted by atomic mass is 9.99. The number of aryl methyl sites for hydroxylation is 2. The SMILES string of the molecule is Cc1cc(C)cc(C2C(=N)NC(=O)N2C(C)C)c1. The van der Waals surface area contributed by atoms with Crippen molar-refractivity contribution in [3.05, 3.63) is 34.9 Å². The largest absolute Gasteiger partial charge is 0.323 e. The van der Waals surface area contributed by atoms with Gasteiger partial charge in [0.1, 0.15) is 11.9 Å². The van der Waals surface area contributed by atoms with Crippen LogP contribution in [0.25, 0.3) is 0 Å². The Morgan fingerprint density at radius 2 is 1.78 bits per heavy atom. The van der Waals surface area contributed by atoms with Gasteiger partial charge in [-0.15, -0.1) is 0 Å². The zero-order valence-electron chi connectivity index (χ0n) is 11.2. The quantitative estimate of drug-likeness (QED) is 0.827.